The number of phenols is 1. The third kappa shape index (κ3) is 2.43. The van der Waals surface area contributed by atoms with Crippen molar-refractivity contribution in [3.63, 3.8) is 0 Å². The van der Waals surface area contributed by atoms with Crippen molar-refractivity contribution in [3.05, 3.63) is 24.3 Å². The molecule has 66 valence electrons. The van der Waals surface area contributed by atoms with Gasteiger partial charge in [0.05, 0.1) is 6.61 Å². The zero-order chi connectivity index (χ0) is 8.97. The Balaban J connectivity index is 2.58. The molecule has 12 heavy (non-hydrogen) atoms. The summed E-state index contributed by atoms with van der Waals surface area (Å²) in [5, 5.41) is 17.6. The van der Waals surface area contributed by atoms with E-state index in [9.17, 15) is 0 Å². The molecule has 1 rings (SSSR count). The molecule has 0 aliphatic heterocycles. The summed E-state index contributed by atoms with van der Waals surface area (Å²) in [6, 6.07) is 6.39. The average molecular weight is 168 g/mol. The van der Waals surface area contributed by atoms with Crippen LogP contribution in [0.15, 0.2) is 24.3 Å². The molecule has 0 bridgehead atoms. The monoisotopic (exact) mass is 168 g/mol. The van der Waals surface area contributed by atoms with Crippen molar-refractivity contribution in [3.8, 4) is 11.5 Å². The molecule has 1 atom stereocenters. The zero-order valence-electron chi connectivity index (χ0n) is 6.90. The summed E-state index contributed by atoms with van der Waals surface area (Å²) in [6.07, 6.45) is -0.213. The molecule has 3 heteroatoms. The molecule has 0 saturated carbocycles. The van der Waals surface area contributed by atoms with Crippen molar-refractivity contribution in [1.82, 2.24) is 0 Å². The number of rotatable bonds is 3. The fourth-order valence-corrected chi connectivity index (χ4v) is 0.794. The molecule has 1 unspecified atom stereocenters. The molecule has 0 amide bonds. The van der Waals surface area contributed by atoms with E-state index in [0.29, 0.717) is 5.75 Å². The second-order valence-electron chi connectivity index (χ2n) is 2.60. The van der Waals surface area contributed by atoms with Crippen LogP contribution in [0.4, 0.5) is 0 Å². The number of phenolic OH excluding ortho intramolecular Hbond substituents is 1. The first-order valence-electron chi connectivity index (χ1n) is 3.79. The third-order valence-corrected chi connectivity index (χ3v) is 1.43. The van der Waals surface area contributed by atoms with Crippen LogP contribution in [-0.2, 0) is 0 Å². The van der Waals surface area contributed by atoms with Gasteiger partial charge in [-0.15, -0.1) is 0 Å². The standard InChI is InChI=1S/C9H12O3/c1-7(6-10)12-9-4-2-8(11)3-5-9/h2-5,7,10-11H,6H2,1H3. The number of ether oxygens (including phenoxy) is 1. The Morgan fingerprint density at radius 3 is 2.42 bits per heavy atom. The van der Waals surface area contributed by atoms with Gasteiger partial charge in [-0.3, -0.25) is 0 Å². The van der Waals surface area contributed by atoms with E-state index >= 15 is 0 Å². The highest BCUT2D eigenvalue weighted by Crippen LogP contribution is 2.16. The van der Waals surface area contributed by atoms with E-state index in [1.807, 2.05) is 0 Å². The van der Waals surface area contributed by atoms with E-state index in [-0.39, 0.29) is 18.5 Å². The molecule has 0 saturated heterocycles. The lowest BCUT2D eigenvalue weighted by atomic mass is 10.3. The van der Waals surface area contributed by atoms with Gasteiger partial charge in [0.2, 0.25) is 0 Å². The first-order chi connectivity index (χ1) is 5.72. The van der Waals surface area contributed by atoms with Crippen molar-refractivity contribution in [2.24, 2.45) is 0 Å². The van der Waals surface area contributed by atoms with Gasteiger partial charge in [-0.25, -0.2) is 0 Å². The highest BCUT2D eigenvalue weighted by atomic mass is 16.5. The van der Waals surface area contributed by atoms with Crippen LogP contribution >= 0.6 is 0 Å². The maximum atomic E-state index is 8.94. The second kappa shape index (κ2) is 3.97. The van der Waals surface area contributed by atoms with Crippen LogP contribution in [0.25, 0.3) is 0 Å². The first-order valence-corrected chi connectivity index (χ1v) is 3.79. The lowest BCUT2D eigenvalue weighted by Gasteiger charge is -2.11. The van der Waals surface area contributed by atoms with Gasteiger partial charge >= 0.3 is 0 Å². The molecular formula is C9H12O3. The number of aromatic hydroxyl groups is 1. The fourth-order valence-electron chi connectivity index (χ4n) is 0.794. The Morgan fingerprint density at radius 2 is 1.92 bits per heavy atom. The summed E-state index contributed by atoms with van der Waals surface area (Å²) >= 11 is 0. The Bertz CT molecular complexity index is 230. The van der Waals surface area contributed by atoms with Gasteiger partial charge in [-0.2, -0.15) is 0 Å². The van der Waals surface area contributed by atoms with Crippen LogP contribution in [0, 0.1) is 0 Å². The maximum absolute atomic E-state index is 8.94. The number of hydrogen-bond acceptors (Lipinski definition) is 3. The summed E-state index contributed by atoms with van der Waals surface area (Å²) in [6.45, 7) is 1.76. The highest BCUT2D eigenvalue weighted by Gasteiger charge is 2.00. The molecule has 3 nitrogen and oxygen atoms in total. The summed E-state index contributed by atoms with van der Waals surface area (Å²) in [7, 11) is 0. The highest BCUT2D eigenvalue weighted by molar-refractivity contribution is 5.30. The molecule has 0 fully saturated rings. The van der Waals surface area contributed by atoms with E-state index in [0.717, 1.165) is 0 Å². The SMILES string of the molecule is CC(CO)Oc1ccc(O)cc1. The largest absolute Gasteiger partial charge is 0.508 e. The van der Waals surface area contributed by atoms with Crippen LogP contribution < -0.4 is 4.74 Å². The minimum absolute atomic E-state index is 0.0130. The lowest BCUT2D eigenvalue weighted by Crippen LogP contribution is -2.15. The average Bonchev–Trinajstić information content (AvgIpc) is 2.09. The summed E-state index contributed by atoms with van der Waals surface area (Å²) in [5.41, 5.74) is 0. The van der Waals surface area contributed by atoms with E-state index < -0.39 is 0 Å². The minimum atomic E-state index is -0.213. The van der Waals surface area contributed by atoms with E-state index in [4.69, 9.17) is 14.9 Å². The van der Waals surface area contributed by atoms with Gasteiger partial charge in [-0.1, -0.05) is 0 Å². The van der Waals surface area contributed by atoms with E-state index in [2.05, 4.69) is 0 Å². The molecule has 0 radical (unpaired) electrons. The predicted molar refractivity (Wildman–Crippen MR) is 45.3 cm³/mol. The van der Waals surface area contributed by atoms with Crippen molar-refractivity contribution in [2.45, 2.75) is 13.0 Å². The van der Waals surface area contributed by atoms with E-state index in [1.54, 1.807) is 31.2 Å². The van der Waals surface area contributed by atoms with Crippen molar-refractivity contribution >= 4 is 0 Å². The quantitative estimate of drug-likeness (QED) is 0.711. The molecule has 0 aliphatic carbocycles. The van der Waals surface area contributed by atoms with Crippen molar-refractivity contribution in [1.29, 1.82) is 0 Å². The van der Waals surface area contributed by atoms with Crippen LogP contribution in [-0.4, -0.2) is 22.9 Å². The Hall–Kier alpha value is -1.22. The molecule has 0 spiro atoms. The number of benzene rings is 1. The second-order valence-corrected chi connectivity index (χ2v) is 2.60. The smallest absolute Gasteiger partial charge is 0.120 e. The van der Waals surface area contributed by atoms with Gasteiger partial charge in [0.25, 0.3) is 0 Å². The molecule has 2 N–H and O–H groups in total. The summed E-state index contributed by atoms with van der Waals surface area (Å²) in [4.78, 5) is 0. The van der Waals surface area contributed by atoms with Gasteiger partial charge in [0.1, 0.15) is 17.6 Å². The minimum Gasteiger partial charge on any atom is -0.508 e. The predicted octanol–water partition coefficient (Wildman–Crippen LogP) is 1.15. The van der Waals surface area contributed by atoms with Crippen molar-refractivity contribution < 1.29 is 14.9 Å². The number of aliphatic hydroxyl groups excluding tert-OH is 1. The van der Waals surface area contributed by atoms with Gasteiger partial charge in [-0.05, 0) is 31.2 Å². The maximum Gasteiger partial charge on any atom is 0.120 e. The van der Waals surface area contributed by atoms with Crippen LogP contribution in [0.2, 0.25) is 0 Å². The van der Waals surface area contributed by atoms with Gasteiger partial charge in [0.15, 0.2) is 0 Å². The van der Waals surface area contributed by atoms with Crippen LogP contribution in [0.3, 0.4) is 0 Å². The topological polar surface area (TPSA) is 49.7 Å². The van der Waals surface area contributed by atoms with E-state index in [1.165, 1.54) is 0 Å². The third-order valence-electron chi connectivity index (χ3n) is 1.43. The van der Waals surface area contributed by atoms with Gasteiger partial charge in [0, 0.05) is 0 Å². The lowest BCUT2D eigenvalue weighted by molar-refractivity contribution is 0.129. The fraction of sp³-hybridized carbons (Fsp3) is 0.333. The Labute approximate surface area is 71.2 Å². The van der Waals surface area contributed by atoms with Crippen LogP contribution in [0.1, 0.15) is 6.92 Å². The molecule has 0 aromatic heterocycles. The normalized spacial score (nSPS) is 12.5. The number of hydrogen-bond donors (Lipinski definition) is 2. The van der Waals surface area contributed by atoms with Gasteiger partial charge < -0.3 is 14.9 Å². The molecule has 1 aromatic carbocycles. The molecule has 1 aromatic rings. The first kappa shape index (κ1) is 8.87. The number of aliphatic hydroxyl groups is 1. The Kier molecular flexibility index (Phi) is 2.94. The van der Waals surface area contributed by atoms with Crippen molar-refractivity contribution in [2.75, 3.05) is 6.61 Å². The molecule has 0 heterocycles. The zero-order valence-corrected chi connectivity index (χ0v) is 6.90. The van der Waals surface area contributed by atoms with Crippen LogP contribution in [0.5, 0.6) is 11.5 Å². The molecule has 0 aliphatic rings. The molecular weight excluding hydrogens is 156 g/mol. The summed E-state index contributed by atoms with van der Waals surface area (Å²) < 4.78 is 5.26. The summed E-state index contributed by atoms with van der Waals surface area (Å²) in [5.74, 6) is 0.855. The Morgan fingerprint density at radius 1 is 1.33 bits per heavy atom.